The van der Waals surface area contributed by atoms with Gasteiger partial charge < -0.3 is 9.64 Å². The number of ether oxygens (including phenoxy) is 1. The third kappa shape index (κ3) is 23.7. The van der Waals surface area contributed by atoms with Crippen molar-refractivity contribution in [3.05, 3.63) is 0 Å². The van der Waals surface area contributed by atoms with Crippen LogP contribution in [0, 0.1) is 0 Å². The number of rotatable bonds is 23. The lowest BCUT2D eigenvalue weighted by Crippen LogP contribution is -2.27. The zero-order valence-electron chi connectivity index (χ0n) is 21.2. The second kappa shape index (κ2) is 23.1. The van der Waals surface area contributed by atoms with Gasteiger partial charge in [0.15, 0.2) is 0 Å². The average molecular weight is 426 g/mol. The minimum absolute atomic E-state index is 0.00665. The Bertz CT molecular complexity index is 357. The van der Waals surface area contributed by atoms with Crippen LogP contribution in [-0.2, 0) is 9.53 Å². The van der Waals surface area contributed by atoms with Crippen molar-refractivity contribution in [2.24, 2.45) is 0 Å². The van der Waals surface area contributed by atoms with Crippen LogP contribution >= 0.6 is 0 Å². The highest BCUT2D eigenvalue weighted by Gasteiger charge is 2.09. The van der Waals surface area contributed by atoms with Gasteiger partial charge >= 0.3 is 5.97 Å². The van der Waals surface area contributed by atoms with Gasteiger partial charge in [-0.05, 0) is 27.4 Å². The average Bonchev–Trinajstić information content (AvgIpc) is 2.69. The smallest absolute Gasteiger partial charge is 0.306 e. The van der Waals surface area contributed by atoms with Crippen LogP contribution in [-0.4, -0.2) is 37.6 Å². The molecule has 0 rings (SSSR count). The Balaban J connectivity index is 3.17. The minimum atomic E-state index is -0.0312. The maximum absolute atomic E-state index is 11.8. The molecule has 30 heavy (non-hydrogen) atoms. The van der Waals surface area contributed by atoms with E-state index in [0.29, 0.717) is 6.42 Å². The van der Waals surface area contributed by atoms with Crippen LogP contribution in [0.25, 0.3) is 0 Å². The van der Waals surface area contributed by atoms with Crippen LogP contribution in [0.5, 0.6) is 0 Å². The van der Waals surface area contributed by atoms with E-state index in [2.05, 4.69) is 11.8 Å². The molecule has 1 atom stereocenters. The first-order valence-corrected chi connectivity index (χ1v) is 13.4. The highest BCUT2D eigenvalue weighted by atomic mass is 16.5. The minimum Gasteiger partial charge on any atom is -0.461 e. The van der Waals surface area contributed by atoms with Crippen LogP contribution in [0.15, 0.2) is 0 Å². The molecule has 0 heterocycles. The molecule has 0 bridgehead atoms. The summed E-state index contributed by atoms with van der Waals surface area (Å²) in [5.41, 5.74) is 0. The largest absolute Gasteiger partial charge is 0.461 e. The van der Waals surface area contributed by atoms with Crippen LogP contribution in [0.2, 0.25) is 0 Å². The first kappa shape index (κ1) is 29.4. The van der Waals surface area contributed by atoms with E-state index in [1.165, 1.54) is 109 Å². The van der Waals surface area contributed by atoms with Crippen molar-refractivity contribution in [1.29, 1.82) is 0 Å². The van der Waals surface area contributed by atoms with Crippen molar-refractivity contribution in [2.75, 3.05) is 20.6 Å². The molecule has 0 fully saturated rings. The van der Waals surface area contributed by atoms with Gasteiger partial charge in [0.1, 0.15) is 6.10 Å². The molecular weight excluding hydrogens is 370 g/mol. The van der Waals surface area contributed by atoms with Crippen molar-refractivity contribution in [3.63, 3.8) is 0 Å². The topological polar surface area (TPSA) is 29.5 Å². The lowest BCUT2D eigenvalue weighted by Gasteiger charge is -2.17. The maximum Gasteiger partial charge on any atom is 0.306 e. The maximum atomic E-state index is 11.8. The third-order valence-electron chi connectivity index (χ3n) is 5.94. The lowest BCUT2D eigenvalue weighted by molar-refractivity contribution is -0.148. The predicted octanol–water partition coefficient (Wildman–Crippen LogP) is 8.30. The van der Waals surface area contributed by atoms with E-state index >= 15 is 0 Å². The third-order valence-corrected chi connectivity index (χ3v) is 5.94. The molecule has 3 heteroatoms. The van der Waals surface area contributed by atoms with E-state index in [0.717, 1.165) is 19.4 Å². The van der Waals surface area contributed by atoms with E-state index in [1.54, 1.807) is 0 Å². The van der Waals surface area contributed by atoms with Gasteiger partial charge in [-0.3, -0.25) is 4.79 Å². The van der Waals surface area contributed by atoms with Crippen molar-refractivity contribution < 1.29 is 9.53 Å². The number of likely N-dealkylation sites (N-methyl/N-ethyl adjacent to an activating group) is 1. The second-order valence-corrected chi connectivity index (χ2v) is 9.68. The van der Waals surface area contributed by atoms with Crippen LogP contribution in [0.4, 0.5) is 0 Å². The van der Waals surface area contributed by atoms with Crippen molar-refractivity contribution in [3.8, 4) is 0 Å². The standard InChI is InChI=1S/C27H55NO2/c1-5-6-7-8-9-10-11-12-13-14-15-16-17-18-19-20-21-22-23-24-27(29)30-26(2)25-28(3)4/h26H,5-25H2,1-4H3. The number of esters is 1. The van der Waals surface area contributed by atoms with Crippen molar-refractivity contribution >= 4 is 5.97 Å². The summed E-state index contributed by atoms with van der Waals surface area (Å²) >= 11 is 0. The van der Waals surface area contributed by atoms with Crippen LogP contribution < -0.4 is 0 Å². The molecule has 0 aromatic rings. The Kier molecular flexibility index (Phi) is 22.7. The molecule has 0 aliphatic carbocycles. The zero-order valence-corrected chi connectivity index (χ0v) is 21.2. The molecule has 3 nitrogen and oxygen atoms in total. The van der Waals surface area contributed by atoms with Gasteiger partial charge in [0.2, 0.25) is 0 Å². The Morgan fingerprint density at radius 3 is 1.30 bits per heavy atom. The fraction of sp³-hybridized carbons (Fsp3) is 0.963. The first-order chi connectivity index (χ1) is 14.6. The lowest BCUT2D eigenvalue weighted by atomic mass is 10.0. The van der Waals surface area contributed by atoms with Gasteiger partial charge in [-0.1, -0.05) is 122 Å². The molecule has 180 valence electrons. The van der Waals surface area contributed by atoms with Crippen LogP contribution in [0.3, 0.4) is 0 Å². The Hall–Kier alpha value is -0.570. The molecule has 0 saturated carbocycles. The number of carbonyl (C=O) groups is 1. The van der Waals surface area contributed by atoms with Gasteiger partial charge in [-0.15, -0.1) is 0 Å². The normalized spacial score (nSPS) is 12.4. The number of nitrogens with zero attached hydrogens (tertiary/aromatic N) is 1. The summed E-state index contributed by atoms with van der Waals surface area (Å²) in [7, 11) is 4.00. The molecule has 0 saturated heterocycles. The molecule has 1 unspecified atom stereocenters. The summed E-state index contributed by atoms with van der Waals surface area (Å²) in [4.78, 5) is 13.8. The highest BCUT2D eigenvalue weighted by Crippen LogP contribution is 2.15. The Morgan fingerprint density at radius 2 is 0.967 bits per heavy atom. The zero-order chi connectivity index (χ0) is 22.3. The number of carbonyl (C=O) groups excluding carboxylic acids is 1. The fourth-order valence-electron chi connectivity index (χ4n) is 4.18. The van der Waals surface area contributed by atoms with Gasteiger partial charge in [0.25, 0.3) is 0 Å². The van der Waals surface area contributed by atoms with E-state index in [9.17, 15) is 4.79 Å². The van der Waals surface area contributed by atoms with E-state index in [1.807, 2.05) is 21.0 Å². The molecule has 0 aliphatic heterocycles. The monoisotopic (exact) mass is 425 g/mol. The number of hydrogen-bond acceptors (Lipinski definition) is 3. The molecular formula is C27H55NO2. The summed E-state index contributed by atoms with van der Waals surface area (Å²) in [6.45, 7) is 5.05. The van der Waals surface area contributed by atoms with E-state index in [-0.39, 0.29) is 12.1 Å². The summed E-state index contributed by atoms with van der Waals surface area (Å²) in [5, 5.41) is 0. The predicted molar refractivity (Wildman–Crippen MR) is 132 cm³/mol. The molecule has 0 aromatic heterocycles. The molecule has 0 N–H and O–H groups in total. The SMILES string of the molecule is CCCCCCCCCCCCCCCCCCCCCC(=O)OC(C)CN(C)C. The second-order valence-electron chi connectivity index (χ2n) is 9.68. The Labute approximate surface area is 189 Å². The van der Waals surface area contributed by atoms with Crippen molar-refractivity contribution in [2.45, 2.75) is 148 Å². The number of unbranched alkanes of at least 4 members (excludes halogenated alkanes) is 18. The molecule has 0 aromatic carbocycles. The van der Waals surface area contributed by atoms with Gasteiger partial charge in [0, 0.05) is 13.0 Å². The number of hydrogen-bond donors (Lipinski definition) is 0. The van der Waals surface area contributed by atoms with E-state index < -0.39 is 0 Å². The highest BCUT2D eigenvalue weighted by molar-refractivity contribution is 5.69. The van der Waals surface area contributed by atoms with Gasteiger partial charge in [-0.2, -0.15) is 0 Å². The van der Waals surface area contributed by atoms with Crippen molar-refractivity contribution in [1.82, 2.24) is 4.90 Å². The quantitative estimate of drug-likeness (QED) is 0.122. The van der Waals surface area contributed by atoms with E-state index in [4.69, 9.17) is 4.74 Å². The molecule has 0 aliphatic rings. The van der Waals surface area contributed by atoms with Gasteiger partial charge in [-0.25, -0.2) is 0 Å². The first-order valence-electron chi connectivity index (χ1n) is 13.4. The van der Waals surface area contributed by atoms with Gasteiger partial charge in [0.05, 0.1) is 0 Å². The molecule has 0 amide bonds. The molecule has 0 radical (unpaired) electrons. The summed E-state index contributed by atoms with van der Waals surface area (Å²) < 4.78 is 5.42. The fourth-order valence-corrected chi connectivity index (χ4v) is 4.18. The summed E-state index contributed by atoms with van der Waals surface area (Å²) in [5.74, 6) is -0.0312. The Morgan fingerprint density at radius 1 is 0.633 bits per heavy atom. The summed E-state index contributed by atoms with van der Waals surface area (Å²) in [6.07, 6.45) is 26.7. The van der Waals surface area contributed by atoms with Crippen LogP contribution in [0.1, 0.15) is 142 Å². The molecule has 0 spiro atoms. The summed E-state index contributed by atoms with van der Waals surface area (Å²) in [6, 6.07) is 0.